The van der Waals surface area contributed by atoms with Crippen molar-refractivity contribution in [3.8, 4) is 56.7 Å². The average Bonchev–Trinajstić information content (AvgIpc) is 3.83. The third kappa shape index (κ3) is 5.98. The van der Waals surface area contributed by atoms with Crippen molar-refractivity contribution in [1.82, 2.24) is 24.1 Å². The SMILES string of the molecule is CCCc1cccc(-c2cccc(-n3c4ccccc4c4ccc5c(c6ccccc6n5-c5nc(-c6ccccc6)nc(-c6cccc(-c7ccccc7)c6)n5)c43)c2)c1. The minimum absolute atomic E-state index is 0.570. The van der Waals surface area contributed by atoms with Gasteiger partial charge in [-0.15, -0.1) is 0 Å². The summed E-state index contributed by atoms with van der Waals surface area (Å²) in [6.07, 6.45) is 2.19. The number of nitrogens with zero attached hydrogens (tertiary/aromatic N) is 5. The van der Waals surface area contributed by atoms with Gasteiger partial charge in [-0.1, -0.05) is 171 Å². The van der Waals surface area contributed by atoms with Crippen LogP contribution in [0.5, 0.6) is 0 Å². The molecule has 0 aliphatic carbocycles. The Bertz CT molecular complexity index is 3340. The second-order valence-electron chi connectivity index (χ2n) is 15.2. The molecule has 3 heterocycles. The van der Waals surface area contributed by atoms with Gasteiger partial charge < -0.3 is 4.57 Å². The fraction of sp³-hybridized carbons (Fsp3) is 0.0556. The molecule has 0 bridgehead atoms. The third-order valence-corrected chi connectivity index (χ3v) is 11.5. The van der Waals surface area contributed by atoms with Gasteiger partial charge in [-0.25, -0.2) is 4.98 Å². The molecule has 0 saturated heterocycles. The van der Waals surface area contributed by atoms with Crippen molar-refractivity contribution in [3.05, 3.63) is 200 Å². The Hall–Kier alpha value is -7.63. The fourth-order valence-electron chi connectivity index (χ4n) is 8.79. The molecule has 280 valence electrons. The first-order chi connectivity index (χ1) is 29.2. The van der Waals surface area contributed by atoms with E-state index in [1.807, 2.05) is 24.3 Å². The molecule has 8 aromatic carbocycles. The quantitative estimate of drug-likeness (QED) is 0.155. The van der Waals surface area contributed by atoms with Crippen LogP contribution in [0.1, 0.15) is 18.9 Å². The number of fused-ring (bicyclic) bond motifs is 7. The molecule has 59 heavy (non-hydrogen) atoms. The van der Waals surface area contributed by atoms with Crippen LogP contribution in [0.3, 0.4) is 0 Å². The molecule has 3 aromatic heterocycles. The lowest BCUT2D eigenvalue weighted by Gasteiger charge is -2.13. The molecule has 0 saturated carbocycles. The Kier molecular flexibility index (Phi) is 8.44. The predicted octanol–water partition coefficient (Wildman–Crippen LogP) is 13.7. The lowest BCUT2D eigenvalue weighted by atomic mass is 10.0. The van der Waals surface area contributed by atoms with E-state index in [0.29, 0.717) is 17.6 Å². The molecule has 0 aliphatic rings. The van der Waals surface area contributed by atoms with E-state index >= 15 is 0 Å². The van der Waals surface area contributed by atoms with E-state index in [0.717, 1.165) is 73.6 Å². The van der Waals surface area contributed by atoms with Crippen LogP contribution < -0.4 is 0 Å². The number of para-hydroxylation sites is 2. The molecule has 0 radical (unpaired) electrons. The highest BCUT2D eigenvalue weighted by Gasteiger charge is 2.23. The monoisotopic (exact) mass is 757 g/mol. The first-order valence-electron chi connectivity index (χ1n) is 20.3. The van der Waals surface area contributed by atoms with Gasteiger partial charge in [-0.3, -0.25) is 4.57 Å². The van der Waals surface area contributed by atoms with E-state index in [9.17, 15) is 0 Å². The molecule has 0 unspecified atom stereocenters. The first kappa shape index (κ1) is 34.6. The molecule has 11 rings (SSSR count). The number of benzene rings is 8. The summed E-state index contributed by atoms with van der Waals surface area (Å²) in [6, 6.07) is 69.0. The van der Waals surface area contributed by atoms with Crippen LogP contribution >= 0.6 is 0 Å². The summed E-state index contributed by atoms with van der Waals surface area (Å²) in [5.41, 5.74) is 13.4. The van der Waals surface area contributed by atoms with E-state index in [4.69, 9.17) is 15.0 Å². The topological polar surface area (TPSA) is 48.5 Å². The summed E-state index contributed by atoms with van der Waals surface area (Å²) >= 11 is 0. The zero-order chi connectivity index (χ0) is 39.3. The minimum Gasteiger partial charge on any atom is -0.309 e. The molecule has 0 fully saturated rings. The molecule has 0 atom stereocenters. The maximum atomic E-state index is 5.31. The van der Waals surface area contributed by atoms with Gasteiger partial charge in [-0.2, -0.15) is 9.97 Å². The Morgan fingerprint density at radius 2 is 0.966 bits per heavy atom. The molecule has 0 spiro atoms. The minimum atomic E-state index is 0.570. The lowest BCUT2D eigenvalue weighted by Crippen LogP contribution is -2.06. The number of hydrogen-bond acceptors (Lipinski definition) is 3. The molecule has 5 heteroatoms. The van der Waals surface area contributed by atoms with Crippen LogP contribution in [0.2, 0.25) is 0 Å². The molecular formula is C54H39N5. The van der Waals surface area contributed by atoms with Gasteiger partial charge in [0.05, 0.1) is 22.1 Å². The summed E-state index contributed by atoms with van der Waals surface area (Å²) < 4.78 is 4.67. The summed E-state index contributed by atoms with van der Waals surface area (Å²) in [5, 5.41) is 4.70. The van der Waals surface area contributed by atoms with Gasteiger partial charge in [-0.05, 0) is 70.6 Å². The van der Waals surface area contributed by atoms with Crippen LogP contribution in [-0.4, -0.2) is 24.1 Å². The van der Waals surface area contributed by atoms with Crippen LogP contribution in [-0.2, 0) is 6.42 Å². The van der Waals surface area contributed by atoms with Gasteiger partial charge >= 0.3 is 0 Å². The normalized spacial score (nSPS) is 11.6. The van der Waals surface area contributed by atoms with Gasteiger partial charge in [0.1, 0.15) is 0 Å². The third-order valence-electron chi connectivity index (χ3n) is 11.5. The van der Waals surface area contributed by atoms with Crippen molar-refractivity contribution >= 4 is 43.6 Å². The number of hydrogen-bond donors (Lipinski definition) is 0. The zero-order valence-corrected chi connectivity index (χ0v) is 32.6. The van der Waals surface area contributed by atoms with Crippen molar-refractivity contribution in [3.63, 3.8) is 0 Å². The van der Waals surface area contributed by atoms with Gasteiger partial charge in [0.15, 0.2) is 11.6 Å². The highest BCUT2D eigenvalue weighted by Crippen LogP contribution is 2.42. The van der Waals surface area contributed by atoms with E-state index in [1.54, 1.807) is 0 Å². The zero-order valence-electron chi connectivity index (χ0n) is 32.6. The van der Waals surface area contributed by atoms with Gasteiger partial charge in [0.2, 0.25) is 5.95 Å². The Morgan fingerprint density at radius 3 is 1.73 bits per heavy atom. The standard InChI is InChI=1S/C54H39N5/c1-2-16-36-17-13-22-39(33-36)41-24-15-26-43(35-41)58-47-29-11-9-27-44(47)45-31-32-49-50(51(45)58)46-28-10-12-30-48(46)59(49)54-56-52(38-20-7-4-8-21-38)55-53(57-54)42-25-14-23-40(34-42)37-18-5-3-6-19-37/h3-15,17-35H,2,16H2,1H3. The predicted molar refractivity (Wildman–Crippen MR) is 244 cm³/mol. The number of rotatable bonds is 8. The van der Waals surface area contributed by atoms with Crippen molar-refractivity contribution in [2.24, 2.45) is 0 Å². The largest absolute Gasteiger partial charge is 0.309 e. The maximum Gasteiger partial charge on any atom is 0.238 e. The second-order valence-corrected chi connectivity index (χ2v) is 15.2. The summed E-state index contributed by atoms with van der Waals surface area (Å²) in [6.45, 7) is 2.24. The lowest BCUT2D eigenvalue weighted by molar-refractivity contribution is 0.922. The summed E-state index contributed by atoms with van der Waals surface area (Å²) in [4.78, 5) is 15.7. The van der Waals surface area contributed by atoms with E-state index in [-0.39, 0.29) is 0 Å². The molecular weight excluding hydrogens is 719 g/mol. The maximum absolute atomic E-state index is 5.31. The highest BCUT2D eigenvalue weighted by molar-refractivity contribution is 6.26. The van der Waals surface area contributed by atoms with Crippen molar-refractivity contribution in [2.75, 3.05) is 0 Å². The van der Waals surface area contributed by atoms with Crippen molar-refractivity contribution in [2.45, 2.75) is 19.8 Å². The Morgan fingerprint density at radius 1 is 0.390 bits per heavy atom. The van der Waals surface area contributed by atoms with Crippen LogP contribution in [0.4, 0.5) is 0 Å². The Balaban J connectivity index is 1.18. The van der Waals surface area contributed by atoms with Crippen molar-refractivity contribution in [1.29, 1.82) is 0 Å². The number of aryl methyl sites for hydroxylation is 1. The first-order valence-corrected chi connectivity index (χ1v) is 20.3. The molecule has 11 aromatic rings. The molecule has 0 N–H and O–H groups in total. The molecule has 0 amide bonds. The second kappa shape index (κ2) is 14.4. The van der Waals surface area contributed by atoms with Crippen LogP contribution in [0.25, 0.3) is 100 Å². The smallest absolute Gasteiger partial charge is 0.238 e. The molecule has 5 nitrogen and oxygen atoms in total. The number of aromatic nitrogens is 5. The van der Waals surface area contributed by atoms with Gasteiger partial charge in [0.25, 0.3) is 0 Å². The van der Waals surface area contributed by atoms with Crippen LogP contribution in [0.15, 0.2) is 194 Å². The Labute approximate surface area is 342 Å². The average molecular weight is 758 g/mol. The van der Waals surface area contributed by atoms with E-state index < -0.39 is 0 Å². The fourth-order valence-corrected chi connectivity index (χ4v) is 8.79. The van der Waals surface area contributed by atoms with Gasteiger partial charge in [0, 0.05) is 38.4 Å². The van der Waals surface area contributed by atoms with Crippen molar-refractivity contribution < 1.29 is 0 Å². The highest BCUT2D eigenvalue weighted by atomic mass is 15.2. The summed E-state index contributed by atoms with van der Waals surface area (Å²) in [7, 11) is 0. The summed E-state index contributed by atoms with van der Waals surface area (Å²) in [5.74, 6) is 1.81. The van der Waals surface area contributed by atoms with E-state index in [2.05, 4.69) is 186 Å². The molecule has 0 aliphatic heterocycles. The van der Waals surface area contributed by atoms with E-state index in [1.165, 1.54) is 27.5 Å². The van der Waals surface area contributed by atoms with Crippen LogP contribution in [0, 0.1) is 0 Å².